The van der Waals surface area contributed by atoms with Gasteiger partial charge in [-0.2, -0.15) is 0 Å². The monoisotopic (exact) mass is 299 g/mol. The molecule has 0 saturated carbocycles. The van der Waals surface area contributed by atoms with Crippen LogP contribution in [-0.4, -0.2) is 54.1 Å². The number of carboxylic acids is 1. The molecule has 0 spiro atoms. The van der Waals surface area contributed by atoms with E-state index in [1.54, 1.807) is 0 Å². The zero-order valence-corrected chi connectivity index (χ0v) is 12.9. The lowest BCUT2D eigenvalue weighted by Crippen LogP contribution is -2.40. The van der Waals surface area contributed by atoms with Gasteiger partial charge in [-0.05, 0) is 11.8 Å². The fourth-order valence-corrected chi connectivity index (χ4v) is 2.26. The van der Waals surface area contributed by atoms with E-state index in [4.69, 9.17) is 5.11 Å². The molecule has 1 fully saturated rings. The van der Waals surface area contributed by atoms with E-state index in [-0.39, 0.29) is 37.4 Å². The van der Waals surface area contributed by atoms with Gasteiger partial charge in [-0.15, -0.1) is 0 Å². The van der Waals surface area contributed by atoms with Crippen LogP contribution in [-0.2, 0) is 9.59 Å². The number of hydrogen-bond donors (Lipinski definition) is 3. The van der Waals surface area contributed by atoms with Crippen molar-refractivity contribution in [1.82, 2.24) is 15.5 Å². The van der Waals surface area contributed by atoms with Gasteiger partial charge >= 0.3 is 12.0 Å². The molecule has 0 aromatic carbocycles. The van der Waals surface area contributed by atoms with E-state index in [1.165, 1.54) is 4.90 Å². The van der Waals surface area contributed by atoms with Gasteiger partial charge in [0.25, 0.3) is 0 Å². The van der Waals surface area contributed by atoms with Crippen molar-refractivity contribution in [2.45, 2.75) is 27.2 Å². The minimum atomic E-state index is -0.870. The van der Waals surface area contributed by atoms with Crippen LogP contribution in [0.2, 0.25) is 0 Å². The first-order valence-electron chi connectivity index (χ1n) is 7.33. The molecule has 0 unspecified atom stereocenters. The quantitative estimate of drug-likeness (QED) is 0.665. The molecule has 2 atom stereocenters. The summed E-state index contributed by atoms with van der Waals surface area (Å²) in [5.41, 5.74) is 0. The SMILES string of the molecule is CC(C)CNC(=O)CCNC(=O)N1C[C@@H](C)[C@H](C(=O)O)C1. The van der Waals surface area contributed by atoms with Crippen LogP contribution in [0.1, 0.15) is 27.2 Å². The summed E-state index contributed by atoms with van der Waals surface area (Å²) in [6.07, 6.45) is 0.226. The summed E-state index contributed by atoms with van der Waals surface area (Å²) in [7, 11) is 0. The van der Waals surface area contributed by atoms with Crippen molar-refractivity contribution in [2.24, 2.45) is 17.8 Å². The molecular weight excluding hydrogens is 274 g/mol. The van der Waals surface area contributed by atoms with Gasteiger partial charge in [0.2, 0.25) is 5.91 Å². The van der Waals surface area contributed by atoms with E-state index in [0.29, 0.717) is 19.0 Å². The van der Waals surface area contributed by atoms with Crippen molar-refractivity contribution in [2.75, 3.05) is 26.2 Å². The van der Waals surface area contributed by atoms with Gasteiger partial charge in [0, 0.05) is 32.6 Å². The lowest BCUT2D eigenvalue weighted by atomic mass is 9.99. The first-order chi connectivity index (χ1) is 9.81. The van der Waals surface area contributed by atoms with Crippen LogP contribution in [0.5, 0.6) is 0 Å². The second kappa shape index (κ2) is 7.85. The molecule has 1 saturated heterocycles. The van der Waals surface area contributed by atoms with E-state index in [2.05, 4.69) is 10.6 Å². The molecule has 3 amide bonds. The molecule has 0 radical (unpaired) electrons. The van der Waals surface area contributed by atoms with Crippen LogP contribution < -0.4 is 10.6 Å². The fraction of sp³-hybridized carbons (Fsp3) is 0.786. The van der Waals surface area contributed by atoms with Crippen LogP contribution in [0.15, 0.2) is 0 Å². The maximum absolute atomic E-state index is 11.9. The van der Waals surface area contributed by atoms with Gasteiger partial charge in [-0.3, -0.25) is 9.59 Å². The van der Waals surface area contributed by atoms with Gasteiger partial charge < -0.3 is 20.6 Å². The number of hydrogen-bond acceptors (Lipinski definition) is 3. The molecule has 7 heteroatoms. The topological polar surface area (TPSA) is 98.7 Å². The number of aliphatic carboxylic acids is 1. The van der Waals surface area contributed by atoms with Gasteiger partial charge in [-0.1, -0.05) is 20.8 Å². The van der Waals surface area contributed by atoms with E-state index < -0.39 is 11.9 Å². The Kier molecular flexibility index (Phi) is 6.45. The predicted octanol–water partition coefficient (Wildman–Crippen LogP) is 0.511. The molecule has 0 aromatic rings. The van der Waals surface area contributed by atoms with Crippen molar-refractivity contribution >= 4 is 17.9 Å². The fourth-order valence-electron chi connectivity index (χ4n) is 2.26. The Bertz CT molecular complexity index is 398. The van der Waals surface area contributed by atoms with Gasteiger partial charge in [-0.25, -0.2) is 4.79 Å². The van der Waals surface area contributed by atoms with Gasteiger partial charge in [0.1, 0.15) is 0 Å². The first-order valence-corrected chi connectivity index (χ1v) is 7.33. The molecule has 3 N–H and O–H groups in total. The van der Waals surface area contributed by atoms with Crippen molar-refractivity contribution < 1.29 is 19.5 Å². The van der Waals surface area contributed by atoms with Crippen molar-refractivity contribution in [3.05, 3.63) is 0 Å². The number of carbonyl (C=O) groups is 3. The number of carbonyl (C=O) groups excluding carboxylic acids is 2. The standard InChI is InChI=1S/C14H25N3O4/c1-9(2)6-16-12(18)4-5-15-14(21)17-7-10(3)11(8-17)13(19)20/h9-11H,4-8H2,1-3H3,(H,15,21)(H,16,18)(H,19,20)/t10-,11-/m1/s1. The Hall–Kier alpha value is -1.79. The van der Waals surface area contributed by atoms with Crippen LogP contribution in [0.25, 0.3) is 0 Å². The first kappa shape index (κ1) is 17.3. The Balaban J connectivity index is 2.26. The predicted molar refractivity (Wildman–Crippen MR) is 77.7 cm³/mol. The molecule has 1 aliphatic heterocycles. The van der Waals surface area contributed by atoms with Crippen molar-refractivity contribution in [3.63, 3.8) is 0 Å². The smallest absolute Gasteiger partial charge is 0.317 e. The number of amides is 3. The molecule has 7 nitrogen and oxygen atoms in total. The molecule has 0 bridgehead atoms. The number of nitrogens with zero attached hydrogens (tertiary/aromatic N) is 1. The summed E-state index contributed by atoms with van der Waals surface area (Å²) >= 11 is 0. The average Bonchev–Trinajstić information content (AvgIpc) is 2.78. The molecule has 0 aliphatic carbocycles. The maximum atomic E-state index is 11.9. The number of likely N-dealkylation sites (tertiary alicyclic amines) is 1. The molecule has 120 valence electrons. The third kappa shape index (κ3) is 5.61. The Morgan fingerprint density at radius 1 is 1.24 bits per heavy atom. The maximum Gasteiger partial charge on any atom is 0.317 e. The number of rotatable bonds is 6. The summed E-state index contributed by atoms with van der Waals surface area (Å²) in [6.45, 7) is 7.38. The summed E-state index contributed by atoms with van der Waals surface area (Å²) in [6, 6.07) is -0.303. The van der Waals surface area contributed by atoms with Crippen LogP contribution in [0.3, 0.4) is 0 Å². The number of carboxylic acid groups (broad SMARTS) is 1. The third-order valence-corrected chi connectivity index (χ3v) is 3.55. The van der Waals surface area contributed by atoms with Gasteiger partial charge in [0.15, 0.2) is 0 Å². The van der Waals surface area contributed by atoms with Gasteiger partial charge in [0.05, 0.1) is 5.92 Å². The molecular formula is C14H25N3O4. The second-order valence-corrected chi connectivity index (χ2v) is 6.01. The zero-order chi connectivity index (χ0) is 16.0. The highest BCUT2D eigenvalue weighted by molar-refractivity contribution is 5.79. The lowest BCUT2D eigenvalue weighted by molar-refractivity contribution is -0.142. The highest BCUT2D eigenvalue weighted by Crippen LogP contribution is 2.22. The number of urea groups is 1. The lowest BCUT2D eigenvalue weighted by Gasteiger charge is -2.16. The summed E-state index contributed by atoms with van der Waals surface area (Å²) in [4.78, 5) is 35.9. The summed E-state index contributed by atoms with van der Waals surface area (Å²) in [5, 5.41) is 14.5. The second-order valence-electron chi connectivity index (χ2n) is 6.01. The van der Waals surface area contributed by atoms with E-state index in [1.807, 2.05) is 20.8 Å². The van der Waals surface area contributed by atoms with E-state index >= 15 is 0 Å². The molecule has 0 aromatic heterocycles. The largest absolute Gasteiger partial charge is 0.481 e. The molecule has 1 rings (SSSR count). The Morgan fingerprint density at radius 3 is 2.43 bits per heavy atom. The number of nitrogens with one attached hydrogen (secondary N) is 2. The normalized spacial score (nSPS) is 21.4. The molecule has 1 heterocycles. The minimum Gasteiger partial charge on any atom is -0.481 e. The van der Waals surface area contributed by atoms with Crippen LogP contribution >= 0.6 is 0 Å². The summed E-state index contributed by atoms with van der Waals surface area (Å²) < 4.78 is 0. The van der Waals surface area contributed by atoms with Crippen LogP contribution in [0, 0.1) is 17.8 Å². The molecule has 1 aliphatic rings. The minimum absolute atomic E-state index is 0.0532. The average molecular weight is 299 g/mol. The Labute approximate surface area is 125 Å². The highest BCUT2D eigenvalue weighted by atomic mass is 16.4. The summed E-state index contributed by atoms with van der Waals surface area (Å²) in [5.74, 6) is -1.14. The van der Waals surface area contributed by atoms with E-state index in [0.717, 1.165) is 0 Å². The zero-order valence-electron chi connectivity index (χ0n) is 12.9. The highest BCUT2D eigenvalue weighted by Gasteiger charge is 2.36. The molecule has 21 heavy (non-hydrogen) atoms. The van der Waals surface area contributed by atoms with Crippen molar-refractivity contribution in [3.8, 4) is 0 Å². The third-order valence-electron chi connectivity index (χ3n) is 3.55. The van der Waals surface area contributed by atoms with Crippen molar-refractivity contribution in [1.29, 1.82) is 0 Å². The van der Waals surface area contributed by atoms with Crippen LogP contribution in [0.4, 0.5) is 4.79 Å². The Morgan fingerprint density at radius 2 is 1.90 bits per heavy atom. The van der Waals surface area contributed by atoms with E-state index in [9.17, 15) is 14.4 Å².